The summed E-state index contributed by atoms with van der Waals surface area (Å²) in [6.07, 6.45) is 0.883. The van der Waals surface area contributed by atoms with E-state index in [1.807, 2.05) is 20.0 Å². The molecule has 1 rings (SSSR count). The molecule has 0 spiro atoms. The van der Waals surface area contributed by atoms with Crippen molar-refractivity contribution in [3.05, 3.63) is 34.1 Å². The van der Waals surface area contributed by atoms with Crippen LogP contribution in [-0.2, 0) is 11.2 Å². The molecule has 2 atom stereocenters. The molecule has 0 bridgehead atoms. The number of hydrogen-bond donors (Lipinski definition) is 1. The van der Waals surface area contributed by atoms with E-state index < -0.39 is 0 Å². The summed E-state index contributed by atoms with van der Waals surface area (Å²) in [5, 5.41) is 3.34. The van der Waals surface area contributed by atoms with Crippen LogP contribution in [0.5, 0.6) is 0 Å². The molecule has 2 unspecified atom stereocenters. The minimum atomic E-state index is -0.223. The molecule has 0 saturated heterocycles. The molecule has 0 fully saturated rings. The van der Waals surface area contributed by atoms with Gasteiger partial charge in [-0.25, -0.2) is 4.39 Å². The number of rotatable bonds is 6. The largest absolute Gasteiger partial charge is 0.376 e. The highest BCUT2D eigenvalue weighted by Crippen LogP contribution is 2.28. The Morgan fingerprint density at radius 1 is 1.35 bits per heavy atom. The van der Waals surface area contributed by atoms with Crippen LogP contribution in [0.4, 0.5) is 4.39 Å². The van der Waals surface area contributed by atoms with Gasteiger partial charge in [-0.15, -0.1) is 0 Å². The minimum Gasteiger partial charge on any atom is -0.376 e. The molecule has 0 aromatic heterocycles. The molecule has 1 aromatic carbocycles. The molecule has 0 aliphatic rings. The minimum absolute atomic E-state index is 0.0379. The van der Waals surface area contributed by atoms with Gasteiger partial charge >= 0.3 is 0 Å². The van der Waals surface area contributed by atoms with E-state index in [0.29, 0.717) is 6.61 Å². The number of nitrogens with one attached hydrogen (secondary N) is 1. The first-order valence-electron chi connectivity index (χ1n) is 7.02. The van der Waals surface area contributed by atoms with Gasteiger partial charge in [-0.05, 0) is 43.5 Å². The van der Waals surface area contributed by atoms with Crippen LogP contribution in [-0.4, -0.2) is 25.8 Å². The summed E-state index contributed by atoms with van der Waals surface area (Å²) in [7, 11) is 1.94. The third-order valence-electron chi connectivity index (χ3n) is 3.39. The first kappa shape index (κ1) is 17.6. The highest BCUT2D eigenvalue weighted by Gasteiger charge is 2.32. The average molecular weight is 346 g/mol. The maximum atomic E-state index is 13.2. The third kappa shape index (κ3) is 4.83. The molecular weight excluding hydrogens is 321 g/mol. The second-order valence-electron chi connectivity index (χ2n) is 6.08. The fourth-order valence-electron chi connectivity index (χ4n) is 2.43. The van der Waals surface area contributed by atoms with Crippen LogP contribution < -0.4 is 5.32 Å². The normalized spacial score (nSPS) is 15.2. The van der Waals surface area contributed by atoms with Gasteiger partial charge in [0.15, 0.2) is 0 Å². The van der Waals surface area contributed by atoms with E-state index in [9.17, 15) is 4.39 Å². The lowest BCUT2D eigenvalue weighted by atomic mass is 9.82. The van der Waals surface area contributed by atoms with Gasteiger partial charge < -0.3 is 10.1 Å². The maximum absolute atomic E-state index is 13.2. The predicted molar refractivity (Wildman–Crippen MR) is 85.5 cm³/mol. The lowest BCUT2D eigenvalue weighted by molar-refractivity contribution is -0.0340. The summed E-state index contributed by atoms with van der Waals surface area (Å²) in [5.41, 5.74) is 1.12. The molecule has 1 N–H and O–H groups in total. The fraction of sp³-hybridized carbons (Fsp3) is 0.625. The molecule has 0 radical (unpaired) electrons. The smallest absolute Gasteiger partial charge is 0.124 e. The standard InChI is InChI=1S/C16H25BrFNO/c1-6-20-15(16(2,3)4)14(19-5)9-11-7-8-12(18)10-13(11)17/h7-8,10,14-15,19H,6,9H2,1-5H3. The molecule has 2 nitrogen and oxygen atoms in total. The van der Waals surface area contributed by atoms with Crippen molar-refractivity contribution in [1.29, 1.82) is 0 Å². The number of likely N-dealkylation sites (N-methyl/N-ethyl adjacent to an activating group) is 1. The van der Waals surface area contributed by atoms with E-state index in [1.165, 1.54) is 12.1 Å². The van der Waals surface area contributed by atoms with Gasteiger partial charge in [-0.3, -0.25) is 0 Å². The Hall–Kier alpha value is -0.450. The van der Waals surface area contributed by atoms with Crippen LogP contribution in [0.15, 0.2) is 22.7 Å². The molecular formula is C16H25BrFNO. The SMILES string of the molecule is CCOC(C(Cc1ccc(F)cc1Br)NC)C(C)(C)C. The lowest BCUT2D eigenvalue weighted by Crippen LogP contribution is -2.48. The molecule has 20 heavy (non-hydrogen) atoms. The van der Waals surface area contributed by atoms with Crippen molar-refractivity contribution in [1.82, 2.24) is 5.32 Å². The predicted octanol–water partition coefficient (Wildman–Crippen LogP) is 4.17. The van der Waals surface area contributed by atoms with E-state index >= 15 is 0 Å². The number of hydrogen-bond acceptors (Lipinski definition) is 2. The van der Waals surface area contributed by atoms with E-state index in [0.717, 1.165) is 16.5 Å². The van der Waals surface area contributed by atoms with Crippen molar-refractivity contribution in [2.75, 3.05) is 13.7 Å². The van der Waals surface area contributed by atoms with E-state index in [-0.39, 0.29) is 23.4 Å². The average Bonchev–Trinajstić information content (AvgIpc) is 2.34. The Bertz CT molecular complexity index is 431. The number of ether oxygens (including phenoxy) is 1. The van der Waals surface area contributed by atoms with Crippen molar-refractivity contribution >= 4 is 15.9 Å². The number of benzene rings is 1. The third-order valence-corrected chi connectivity index (χ3v) is 4.13. The summed E-state index contributed by atoms with van der Waals surface area (Å²) >= 11 is 3.43. The maximum Gasteiger partial charge on any atom is 0.124 e. The zero-order valence-electron chi connectivity index (χ0n) is 13.0. The fourth-order valence-corrected chi connectivity index (χ4v) is 2.95. The zero-order valence-corrected chi connectivity index (χ0v) is 14.6. The lowest BCUT2D eigenvalue weighted by Gasteiger charge is -2.37. The molecule has 0 amide bonds. The summed E-state index contributed by atoms with van der Waals surface area (Å²) in [5.74, 6) is -0.223. The first-order valence-corrected chi connectivity index (χ1v) is 7.81. The Morgan fingerprint density at radius 2 is 2.00 bits per heavy atom. The second-order valence-corrected chi connectivity index (χ2v) is 6.93. The van der Waals surface area contributed by atoms with Gasteiger partial charge in [0.25, 0.3) is 0 Å². The molecule has 0 heterocycles. The van der Waals surface area contributed by atoms with Gasteiger partial charge in [0.2, 0.25) is 0 Å². The van der Waals surface area contributed by atoms with Crippen LogP contribution in [0.1, 0.15) is 33.3 Å². The Labute approximate surface area is 130 Å². The van der Waals surface area contributed by atoms with Gasteiger partial charge in [0.1, 0.15) is 5.82 Å². The quantitative estimate of drug-likeness (QED) is 0.835. The van der Waals surface area contributed by atoms with Gasteiger partial charge in [-0.2, -0.15) is 0 Å². The van der Waals surface area contributed by atoms with Gasteiger partial charge in [-0.1, -0.05) is 42.8 Å². The van der Waals surface area contributed by atoms with Crippen LogP contribution in [0.2, 0.25) is 0 Å². The highest BCUT2D eigenvalue weighted by atomic mass is 79.9. The molecule has 0 aliphatic heterocycles. The van der Waals surface area contributed by atoms with Crippen molar-refractivity contribution in [3.63, 3.8) is 0 Å². The monoisotopic (exact) mass is 345 g/mol. The van der Waals surface area contributed by atoms with Crippen molar-refractivity contribution in [2.24, 2.45) is 5.41 Å². The molecule has 0 saturated carbocycles. The van der Waals surface area contributed by atoms with Crippen LogP contribution >= 0.6 is 15.9 Å². The number of halogens is 2. The van der Waals surface area contributed by atoms with Crippen molar-refractivity contribution in [3.8, 4) is 0 Å². The van der Waals surface area contributed by atoms with E-state index in [4.69, 9.17) is 4.74 Å². The zero-order chi connectivity index (χ0) is 15.3. The first-order chi connectivity index (χ1) is 9.29. The van der Waals surface area contributed by atoms with E-state index in [2.05, 4.69) is 42.0 Å². The molecule has 114 valence electrons. The van der Waals surface area contributed by atoms with Crippen molar-refractivity contribution in [2.45, 2.75) is 46.3 Å². The topological polar surface area (TPSA) is 21.3 Å². The summed E-state index contributed by atoms with van der Waals surface area (Å²) < 4.78 is 19.9. The molecule has 4 heteroatoms. The van der Waals surface area contributed by atoms with E-state index in [1.54, 1.807) is 0 Å². The summed E-state index contributed by atoms with van der Waals surface area (Å²) in [4.78, 5) is 0. The Kier molecular flexibility index (Phi) is 6.62. The highest BCUT2D eigenvalue weighted by molar-refractivity contribution is 9.10. The molecule has 0 aliphatic carbocycles. The van der Waals surface area contributed by atoms with Gasteiger partial charge in [0, 0.05) is 17.1 Å². The van der Waals surface area contributed by atoms with Crippen LogP contribution in [0.3, 0.4) is 0 Å². The van der Waals surface area contributed by atoms with Crippen LogP contribution in [0, 0.1) is 11.2 Å². The summed E-state index contributed by atoms with van der Waals surface area (Å²) in [6, 6.07) is 5.01. The molecule has 1 aromatic rings. The van der Waals surface area contributed by atoms with Gasteiger partial charge in [0.05, 0.1) is 6.10 Å². The second kappa shape index (κ2) is 7.53. The Balaban J connectivity index is 2.94. The Morgan fingerprint density at radius 3 is 2.45 bits per heavy atom. The summed E-state index contributed by atoms with van der Waals surface area (Å²) in [6.45, 7) is 9.23. The van der Waals surface area contributed by atoms with Crippen LogP contribution in [0.25, 0.3) is 0 Å². The van der Waals surface area contributed by atoms with Crippen molar-refractivity contribution < 1.29 is 9.13 Å².